The van der Waals surface area contributed by atoms with Crippen molar-refractivity contribution in [2.45, 2.75) is 0 Å². The molecule has 0 atom stereocenters. The molecule has 258 valence electrons. The molecule has 0 N–H and O–H groups in total. The molecule has 0 unspecified atom stereocenters. The summed E-state index contributed by atoms with van der Waals surface area (Å²) in [6.07, 6.45) is 0. The highest BCUT2D eigenvalue weighted by atomic mass is 32.1. The van der Waals surface area contributed by atoms with E-state index < -0.39 is 0 Å². The number of hydrogen-bond acceptors (Lipinski definition) is 3. The van der Waals surface area contributed by atoms with Gasteiger partial charge < -0.3 is 4.90 Å². The fourth-order valence-electron chi connectivity index (χ4n) is 8.19. The SMILES string of the molecule is c1ccc(-c2ccc3c(sc4ccccc43)c2N(c2ccc(-c3ccc4ccccc4c3)cc2)c2ccc(-c3cccc4c3sc3ccccc34)cc2)cc1. The van der Waals surface area contributed by atoms with Gasteiger partial charge in [0.25, 0.3) is 0 Å². The van der Waals surface area contributed by atoms with Crippen molar-refractivity contribution >= 4 is 90.9 Å². The van der Waals surface area contributed by atoms with Crippen molar-refractivity contribution < 1.29 is 0 Å². The van der Waals surface area contributed by atoms with Crippen LogP contribution in [0.5, 0.6) is 0 Å². The third kappa shape index (κ3) is 5.43. The molecule has 0 aliphatic heterocycles. The van der Waals surface area contributed by atoms with Crippen LogP contribution in [0.2, 0.25) is 0 Å². The summed E-state index contributed by atoms with van der Waals surface area (Å²) in [7, 11) is 0. The Kier molecular flexibility index (Phi) is 7.61. The van der Waals surface area contributed by atoms with Gasteiger partial charge in [-0.1, -0.05) is 158 Å². The summed E-state index contributed by atoms with van der Waals surface area (Å²) in [6.45, 7) is 0. The summed E-state index contributed by atoms with van der Waals surface area (Å²) in [5.41, 5.74) is 10.7. The molecule has 2 heterocycles. The second kappa shape index (κ2) is 13.1. The van der Waals surface area contributed by atoms with Crippen LogP contribution in [0.15, 0.2) is 200 Å². The van der Waals surface area contributed by atoms with Crippen LogP contribution in [-0.4, -0.2) is 0 Å². The molecule has 0 aliphatic carbocycles. The molecule has 9 aromatic carbocycles. The zero-order valence-corrected chi connectivity index (χ0v) is 31.4. The Morgan fingerprint density at radius 1 is 0.309 bits per heavy atom. The summed E-state index contributed by atoms with van der Waals surface area (Å²) < 4.78 is 5.23. The molecule has 0 spiro atoms. The molecule has 1 nitrogen and oxygen atoms in total. The van der Waals surface area contributed by atoms with Gasteiger partial charge in [0.2, 0.25) is 0 Å². The van der Waals surface area contributed by atoms with Crippen molar-refractivity contribution in [3.8, 4) is 33.4 Å². The predicted molar refractivity (Wildman–Crippen MR) is 241 cm³/mol. The molecule has 0 fully saturated rings. The molecule has 0 radical (unpaired) electrons. The lowest BCUT2D eigenvalue weighted by atomic mass is 9.98. The average molecular weight is 736 g/mol. The Labute approximate surface area is 327 Å². The van der Waals surface area contributed by atoms with Gasteiger partial charge >= 0.3 is 0 Å². The number of nitrogens with zero attached hydrogens (tertiary/aromatic N) is 1. The fourth-order valence-corrected chi connectivity index (χ4v) is 10.7. The first-order valence-electron chi connectivity index (χ1n) is 18.7. The number of fused-ring (bicyclic) bond motifs is 7. The zero-order chi connectivity index (χ0) is 36.3. The van der Waals surface area contributed by atoms with Gasteiger partial charge in [-0.3, -0.25) is 0 Å². The highest BCUT2D eigenvalue weighted by Gasteiger charge is 2.23. The minimum Gasteiger partial charge on any atom is -0.308 e. The number of rotatable bonds is 6. The summed E-state index contributed by atoms with van der Waals surface area (Å²) in [6, 6.07) is 73.4. The van der Waals surface area contributed by atoms with Crippen LogP contribution in [-0.2, 0) is 0 Å². The largest absolute Gasteiger partial charge is 0.308 e. The van der Waals surface area contributed by atoms with Gasteiger partial charge in [0.05, 0.1) is 10.4 Å². The Bertz CT molecular complexity index is 3190. The van der Waals surface area contributed by atoms with E-state index in [1.807, 2.05) is 22.7 Å². The lowest BCUT2D eigenvalue weighted by Crippen LogP contribution is -2.11. The topological polar surface area (TPSA) is 3.24 Å². The first-order chi connectivity index (χ1) is 27.3. The molecular formula is C52H33NS2. The fraction of sp³-hybridized carbons (Fsp3) is 0. The number of anilines is 3. The molecule has 55 heavy (non-hydrogen) atoms. The van der Waals surface area contributed by atoms with E-state index in [1.54, 1.807) is 0 Å². The number of benzene rings is 9. The normalized spacial score (nSPS) is 11.6. The minimum absolute atomic E-state index is 1.12. The highest BCUT2D eigenvalue weighted by Crippen LogP contribution is 2.50. The van der Waals surface area contributed by atoms with Crippen molar-refractivity contribution in [1.82, 2.24) is 0 Å². The minimum atomic E-state index is 1.12. The lowest BCUT2D eigenvalue weighted by molar-refractivity contribution is 1.30. The Morgan fingerprint density at radius 2 is 0.855 bits per heavy atom. The van der Waals surface area contributed by atoms with E-state index in [2.05, 4.69) is 205 Å². The molecule has 0 amide bonds. The summed E-state index contributed by atoms with van der Waals surface area (Å²) >= 11 is 3.76. The van der Waals surface area contributed by atoms with Crippen molar-refractivity contribution in [2.24, 2.45) is 0 Å². The van der Waals surface area contributed by atoms with Gasteiger partial charge in [-0.2, -0.15) is 0 Å². The molecule has 0 aliphatic rings. The van der Waals surface area contributed by atoms with Crippen LogP contribution < -0.4 is 4.90 Å². The first-order valence-corrected chi connectivity index (χ1v) is 20.3. The van der Waals surface area contributed by atoms with Crippen molar-refractivity contribution in [2.75, 3.05) is 4.90 Å². The van der Waals surface area contributed by atoms with E-state index in [0.717, 1.165) is 11.4 Å². The van der Waals surface area contributed by atoms with Gasteiger partial charge in [-0.05, 0) is 81.1 Å². The molecule has 0 saturated heterocycles. The summed E-state index contributed by atoms with van der Waals surface area (Å²) in [5, 5.41) is 7.72. The van der Waals surface area contributed by atoms with Crippen molar-refractivity contribution in [3.05, 3.63) is 200 Å². The van der Waals surface area contributed by atoms with Crippen LogP contribution in [0.3, 0.4) is 0 Å². The van der Waals surface area contributed by atoms with Gasteiger partial charge in [0.15, 0.2) is 0 Å². The monoisotopic (exact) mass is 735 g/mol. The predicted octanol–water partition coefficient (Wildman–Crippen LogP) is 16.0. The van der Waals surface area contributed by atoms with E-state index in [-0.39, 0.29) is 0 Å². The summed E-state index contributed by atoms with van der Waals surface area (Å²) in [5.74, 6) is 0. The van der Waals surface area contributed by atoms with Gasteiger partial charge in [0, 0.05) is 52.6 Å². The van der Waals surface area contributed by atoms with Crippen LogP contribution in [0.1, 0.15) is 0 Å². The average Bonchev–Trinajstić information content (AvgIpc) is 3.83. The van der Waals surface area contributed by atoms with Crippen LogP contribution in [0, 0.1) is 0 Å². The quantitative estimate of drug-likeness (QED) is 0.164. The third-order valence-corrected chi connectivity index (χ3v) is 13.3. The first kappa shape index (κ1) is 32.0. The molecule has 3 heteroatoms. The third-order valence-electron chi connectivity index (χ3n) is 10.9. The van der Waals surface area contributed by atoms with E-state index in [4.69, 9.17) is 0 Å². The number of thiophene rings is 2. The standard InChI is InChI=1S/C52H33NS2/c1-2-12-36(13-3-1)42-31-32-47-45-16-7-9-20-49(45)55-52(47)50(42)53(40-27-23-35(24-28-40)39-22-21-34-11-4-5-14-38(34)33-39)41-29-25-37(26-30-41)43-17-10-18-46-44-15-6-8-19-48(44)54-51(43)46/h1-33H. The van der Waals surface area contributed by atoms with E-state index in [0.29, 0.717) is 0 Å². The van der Waals surface area contributed by atoms with Crippen LogP contribution >= 0.6 is 22.7 Å². The molecule has 11 aromatic rings. The highest BCUT2D eigenvalue weighted by molar-refractivity contribution is 7.26. The Morgan fingerprint density at radius 3 is 1.58 bits per heavy atom. The maximum absolute atomic E-state index is 2.48. The maximum atomic E-state index is 2.48. The van der Waals surface area contributed by atoms with E-state index in [9.17, 15) is 0 Å². The summed E-state index contributed by atoms with van der Waals surface area (Å²) in [4.78, 5) is 2.48. The molecule has 0 saturated carbocycles. The second-order valence-corrected chi connectivity index (χ2v) is 16.2. The van der Waals surface area contributed by atoms with Gasteiger partial charge in [-0.25, -0.2) is 0 Å². The lowest BCUT2D eigenvalue weighted by Gasteiger charge is -2.29. The number of hydrogen-bond donors (Lipinski definition) is 0. The van der Waals surface area contributed by atoms with Crippen molar-refractivity contribution in [3.63, 3.8) is 0 Å². The van der Waals surface area contributed by atoms with Gasteiger partial charge in [0.1, 0.15) is 0 Å². The van der Waals surface area contributed by atoms with Crippen molar-refractivity contribution in [1.29, 1.82) is 0 Å². The molecule has 0 bridgehead atoms. The molecule has 11 rings (SSSR count). The zero-order valence-electron chi connectivity index (χ0n) is 29.8. The van der Waals surface area contributed by atoms with Crippen LogP contribution in [0.25, 0.3) is 84.5 Å². The Balaban J connectivity index is 1.11. The van der Waals surface area contributed by atoms with E-state index in [1.165, 1.54) is 90.2 Å². The van der Waals surface area contributed by atoms with E-state index >= 15 is 0 Å². The molecular weight excluding hydrogens is 703 g/mol. The maximum Gasteiger partial charge on any atom is 0.0718 e. The smallest absolute Gasteiger partial charge is 0.0718 e. The second-order valence-electron chi connectivity index (χ2n) is 14.1. The molecule has 2 aromatic heterocycles. The van der Waals surface area contributed by atoms with Crippen LogP contribution in [0.4, 0.5) is 17.1 Å². The Hall–Kier alpha value is -6.52. The van der Waals surface area contributed by atoms with Gasteiger partial charge in [-0.15, -0.1) is 22.7 Å².